The van der Waals surface area contributed by atoms with Gasteiger partial charge >= 0.3 is 0 Å². The van der Waals surface area contributed by atoms with Gasteiger partial charge in [0.25, 0.3) is 0 Å². The molecule has 21 heavy (non-hydrogen) atoms. The predicted molar refractivity (Wildman–Crippen MR) is 80.8 cm³/mol. The SMILES string of the molecule is O=C(NCc1cccc(Cl)c1)[C@H]1CCC(=O)N(C2CC2)C1. The highest BCUT2D eigenvalue weighted by Crippen LogP contribution is 2.31. The third kappa shape index (κ3) is 3.56. The number of likely N-dealkylation sites (tertiary alicyclic amines) is 1. The molecule has 2 amide bonds. The summed E-state index contributed by atoms with van der Waals surface area (Å²) in [5, 5.41) is 3.63. The number of nitrogens with zero attached hydrogens (tertiary/aromatic N) is 1. The topological polar surface area (TPSA) is 49.4 Å². The summed E-state index contributed by atoms with van der Waals surface area (Å²) in [6.07, 6.45) is 3.32. The van der Waals surface area contributed by atoms with Crippen molar-refractivity contribution in [3.05, 3.63) is 34.9 Å². The molecular formula is C16H19ClN2O2. The first-order chi connectivity index (χ1) is 10.1. The Morgan fingerprint density at radius 3 is 2.86 bits per heavy atom. The van der Waals surface area contributed by atoms with Crippen LogP contribution in [0.25, 0.3) is 0 Å². The zero-order valence-corrected chi connectivity index (χ0v) is 12.6. The fourth-order valence-corrected chi connectivity index (χ4v) is 3.02. The average Bonchev–Trinajstić information content (AvgIpc) is 3.30. The Morgan fingerprint density at radius 1 is 1.33 bits per heavy atom. The van der Waals surface area contributed by atoms with Crippen LogP contribution in [0.2, 0.25) is 5.02 Å². The minimum atomic E-state index is -0.0810. The first-order valence-electron chi connectivity index (χ1n) is 7.45. The van der Waals surface area contributed by atoms with Crippen LogP contribution in [0.3, 0.4) is 0 Å². The van der Waals surface area contributed by atoms with Gasteiger partial charge in [0.1, 0.15) is 0 Å². The van der Waals surface area contributed by atoms with E-state index in [0.717, 1.165) is 18.4 Å². The molecule has 2 fully saturated rings. The van der Waals surface area contributed by atoms with Crippen molar-refractivity contribution in [1.29, 1.82) is 0 Å². The summed E-state index contributed by atoms with van der Waals surface area (Å²) < 4.78 is 0. The molecule has 3 rings (SSSR count). The third-order valence-electron chi connectivity index (χ3n) is 4.16. The fourth-order valence-electron chi connectivity index (χ4n) is 2.81. The second kappa shape index (κ2) is 6.06. The van der Waals surface area contributed by atoms with E-state index in [1.165, 1.54) is 0 Å². The Balaban J connectivity index is 1.54. The highest BCUT2D eigenvalue weighted by molar-refractivity contribution is 6.30. The second-order valence-corrected chi connectivity index (χ2v) is 6.30. The average molecular weight is 307 g/mol. The molecule has 1 aromatic rings. The highest BCUT2D eigenvalue weighted by Gasteiger charge is 2.38. The molecule has 0 spiro atoms. The van der Waals surface area contributed by atoms with Crippen LogP contribution in [-0.4, -0.2) is 29.3 Å². The normalized spacial score (nSPS) is 22.2. The van der Waals surface area contributed by atoms with Crippen molar-refractivity contribution < 1.29 is 9.59 Å². The lowest BCUT2D eigenvalue weighted by atomic mass is 9.96. The van der Waals surface area contributed by atoms with Crippen molar-refractivity contribution in [3.63, 3.8) is 0 Å². The van der Waals surface area contributed by atoms with Gasteiger partial charge in [-0.25, -0.2) is 0 Å². The van der Waals surface area contributed by atoms with Gasteiger partial charge in [0.2, 0.25) is 11.8 Å². The maximum Gasteiger partial charge on any atom is 0.225 e. The summed E-state index contributed by atoms with van der Waals surface area (Å²) in [5.74, 6) is 0.159. The molecule has 0 aromatic heterocycles. The van der Waals surface area contributed by atoms with Gasteiger partial charge in [0.15, 0.2) is 0 Å². The van der Waals surface area contributed by atoms with Gasteiger partial charge in [0, 0.05) is 30.6 Å². The first-order valence-corrected chi connectivity index (χ1v) is 7.83. The van der Waals surface area contributed by atoms with Gasteiger partial charge in [-0.1, -0.05) is 23.7 Å². The fraction of sp³-hybridized carbons (Fsp3) is 0.500. The van der Waals surface area contributed by atoms with Crippen molar-refractivity contribution >= 4 is 23.4 Å². The number of nitrogens with one attached hydrogen (secondary N) is 1. The molecule has 0 bridgehead atoms. The first kappa shape index (κ1) is 14.4. The van der Waals surface area contributed by atoms with E-state index in [0.29, 0.717) is 37.0 Å². The largest absolute Gasteiger partial charge is 0.352 e. The maximum atomic E-state index is 12.3. The second-order valence-electron chi connectivity index (χ2n) is 5.86. The number of carbonyl (C=O) groups is 2. The van der Waals surface area contributed by atoms with Gasteiger partial charge < -0.3 is 10.2 Å². The lowest BCUT2D eigenvalue weighted by Gasteiger charge is -2.32. The lowest BCUT2D eigenvalue weighted by molar-refractivity contribution is -0.138. The minimum absolute atomic E-state index is 0.0353. The monoisotopic (exact) mass is 306 g/mol. The lowest BCUT2D eigenvalue weighted by Crippen LogP contribution is -2.46. The molecule has 4 nitrogen and oxygen atoms in total. The zero-order chi connectivity index (χ0) is 14.8. The van der Waals surface area contributed by atoms with Gasteiger partial charge in [-0.05, 0) is 37.0 Å². The van der Waals surface area contributed by atoms with Crippen molar-refractivity contribution in [3.8, 4) is 0 Å². The predicted octanol–water partition coefficient (Wildman–Crippen LogP) is 2.36. The molecule has 112 valence electrons. The van der Waals surface area contributed by atoms with Gasteiger partial charge in [-0.3, -0.25) is 9.59 Å². The Labute approximate surface area is 129 Å². The van der Waals surface area contributed by atoms with E-state index < -0.39 is 0 Å². The quantitative estimate of drug-likeness (QED) is 0.928. The summed E-state index contributed by atoms with van der Waals surface area (Å²) in [4.78, 5) is 26.0. The standard InChI is InChI=1S/C16H19ClN2O2/c17-13-3-1-2-11(8-13)9-18-16(21)12-4-7-15(20)19(10-12)14-5-6-14/h1-3,8,12,14H,4-7,9-10H2,(H,18,21)/t12-/m0/s1. The Bertz CT molecular complexity index is 557. The van der Waals surface area contributed by atoms with E-state index in [-0.39, 0.29) is 17.7 Å². The number of piperidine rings is 1. The highest BCUT2D eigenvalue weighted by atomic mass is 35.5. The van der Waals surface area contributed by atoms with Crippen molar-refractivity contribution in [1.82, 2.24) is 10.2 Å². The molecule has 1 atom stereocenters. The Hall–Kier alpha value is -1.55. The number of benzene rings is 1. The molecule has 1 heterocycles. The van der Waals surface area contributed by atoms with Crippen LogP contribution in [0, 0.1) is 5.92 Å². The van der Waals surface area contributed by atoms with E-state index in [4.69, 9.17) is 11.6 Å². The molecule has 1 saturated carbocycles. The molecular weight excluding hydrogens is 288 g/mol. The third-order valence-corrected chi connectivity index (χ3v) is 4.39. The molecule has 1 aliphatic heterocycles. The van der Waals surface area contributed by atoms with Gasteiger partial charge in [-0.2, -0.15) is 0 Å². The number of rotatable bonds is 4. The van der Waals surface area contributed by atoms with Crippen LogP contribution in [0.15, 0.2) is 24.3 Å². The van der Waals surface area contributed by atoms with Crippen LogP contribution in [0.1, 0.15) is 31.2 Å². The number of carbonyl (C=O) groups excluding carboxylic acids is 2. The minimum Gasteiger partial charge on any atom is -0.352 e. The molecule has 1 aliphatic carbocycles. The van der Waals surface area contributed by atoms with Gasteiger partial charge in [-0.15, -0.1) is 0 Å². The molecule has 0 unspecified atom stereocenters. The number of halogens is 1. The number of amides is 2. The summed E-state index contributed by atoms with van der Waals surface area (Å²) in [5.41, 5.74) is 0.988. The summed E-state index contributed by atoms with van der Waals surface area (Å²) in [7, 11) is 0. The van der Waals surface area contributed by atoms with E-state index in [1.807, 2.05) is 29.2 Å². The molecule has 0 radical (unpaired) electrons. The van der Waals surface area contributed by atoms with Crippen LogP contribution < -0.4 is 5.32 Å². The molecule has 1 N–H and O–H groups in total. The summed E-state index contributed by atoms with van der Waals surface area (Å²) in [6, 6.07) is 7.86. The van der Waals surface area contributed by atoms with Crippen molar-refractivity contribution in [2.45, 2.75) is 38.3 Å². The van der Waals surface area contributed by atoms with E-state index in [9.17, 15) is 9.59 Å². The van der Waals surface area contributed by atoms with E-state index >= 15 is 0 Å². The number of hydrogen-bond acceptors (Lipinski definition) is 2. The van der Waals surface area contributed by atoms with E-state index in [1.54, 1.807) is 0 Å². The smallest absolute Gasteiger partial charge is 0.225 e. The Kier molecular flexibility index (Phi) is 4.15. The zero-order valence-electron chi connectivity index (χ0n) is 11.8. The number of hydrogen-bond donors (Lipinski definition) is 1. The van der Waals surface area contributed by atoms with Crippen LogP contribution in [0.5, 0.6) is 0 Å². The molecule has 2 aliphatic rings. The van der Waals surface area contributed by atoms with Crippen molar-refractivity contribution in [2.75, 3.05) is 6.54 Å². The van der Waals surface area contributed by atoms with Crippen LogP contribution in [-0.2, 0) is 16.1 Å². The molecule has 5 heteroatoms. The van der Waals surface area contributed by atoms with Crippen LogP contribution >= 0.6 is 11.6 Å². The molecule has 1 aromatic carbocycles. The summed E-state index contributed by atoms with van der Waals surface area (Å²) >= 11 is 5.93. The molecule has 1 saturated heterocycles. The van der Waals surface area contributed by atoms with Crippen LogP contribution in [0.4, 0.5) is 0 Å². The van der Waals surface area contributed by atoms with Crippen molar-refractivity contribution in [2.24, 2.45) is 5.92 Å². The van der Waals surface area contributed by atoms with Gasteiger partial charge in [0.05, 0.1) is 5.92 Å². The van der Waals surface area contributed by atoms with E-state index in [2.05, 4.69) is 5.32 Å². The summed E-state index contributed by atoms with van der Waals surface area (Å²) in [6.45, 7) is 1.05. The Morgan fingerprint density at radius 2 is 2.14 bits per heavy atom. The maximum absolute atomic E-state index is 12.3.